The molecule has 3 aromatic heterocycles. The number of carbonyl (C=O) groups excluding carboxylic acids is 2. The Hall–Kier alpha value is -4.56. The van der Waals surface area contributed by atoms with Crippen LogP contribution in [0.25, 0.3) is 5.65 Å². The van der Waals surface area contributed by atoms with Gasteiger partial charge in [-0.15, -0.1) is 10.2 Å². The summed E-state index contributed by atoms with van der Waals surface area (Å²) in [6.07, 6.45) is 5.62. The summed E-state index contributed by atoms with van der Waals surface area (Å²) >= 11 is 0. The number of ether oxygens (including phenoxy) is 1. The minimum Gasteiger partial charge on any atom is -0.434 e. The molecular formula is C27H28F2N8O4. The summed E-state index contributed by atoms with van der Waals surface area (Å²) < 4.78 is 34.1. The van der Waals surface area contributed by atoms with Gasteiger partial charge in [0.15, 0.2) is 17.2 Å². The molecule has 1 atom stereocenters. The van der Waals surface area contributed by atoms with Crippen molar-refractivity contribution in [3.05, 3.63) is 77.6 Å². The quantitative estimate of drug-likeness (QED) is 0.342. The second kappa shape index (κ2) is 10.4. The molecule has 1 aliphatic rings. The molecule has 1 fully saturated rings. The number of hydrogen-bond donors (Lipinski definition) is 2. The van der Waals surface area contributed by atoms with E-state index in [1.165, 1.54) is 18.7 Å². The number of nitrogens with zero attached hydrogens (tertiary/aromatic N) is 7. The normalized spacial score (nSPS) is 16.9. The van der Waals surface area contributed by atoms with Crippen LogP contribution in [-0.4, -0.2) is 76.5 Å². The first-order chi connectivity index (χ1) is 19.4. The number of rotatable bonds is 7. The molecule has 0 radical (unpaired) electrons. The van der Waals surface area contributed by atoms with E-state index in [4.69, 9.17) is 10.5 Å². The first kappa shape index (κ1) is 28.0. The number of piperazine rings is 1. The molecule has 0 spiro atoms. The maximum atomic E-state index is 14.0. The van der Waals surface area contributed by atoms with Crippen molar-refractivity contribution in [3.63, 3.8) is 0 Å². The highest BCUT2D eigenvalue weighted by Gasteiger charge is 2.48. The van der Waals surface area contributed by atoms with Gasteiger partial charge in [-0.1, -0.05) is 0 Å². The Labute approximate surface area is 233 Å². The molecule has 0 bridgehead atoms. The zero-order chi connectivity index (χ0) is 29.5. The summed E-state index contributed by atoms with van der Waals surface area (Å²) in [4.78, 5) is 38.5. The largest absolute Gasteiger partial charge is 0.434 e. The Morgan fingerprint density at radius 2 is 1.95 bits per heavy atom. The van der Waals surface area contributed by atoms with Crippen molar-refractivity contribution in [2.45, 2.75) is 38.5 Å². The average molecular weight is 567 g/mol. The summed E-state index contributed by atoms with van der Waals surface area (Å²) in [5.41, 5.74) is 5.28. The first-order valence-electron chi connectivity index (χ1n) is 12.7. The van der Waals surface area contributed by atoms with Crippen LogP contribution in [0.4, 0.5) is 8.78 Å². The van der Waals surface area contributed by atoms with Crippen LogP contribution in [0.5, 0.6) is 11.6 Å². The number of nitrogens with two attached hydrogens (primary N) is 1. The van der Waals surface area contributed by atoms with Crippen molar-refractivity contribution >= 4 is 17.5 Å². The topological polar surface area (TPSA) is 152 Å². The predicted octanol–water partition coefficient (Wildman–Crippen LogP) is 2.02. The van der Waals surface area contributed by atoms with Crippen LogP contribution < -0.4 is 10.5 Å². The minimum absolute atomic E-state index is 0.0610. The number of aliphatic hydroxyl groups is 1. The lowest BCUT2D eigenvalue weighted by molar-refractivity contribution is -0.133. The SMILES string of the molecule is CC1(C)CN([C@](C)(C(N)=O)c2cnc(Oc3ccc(F)cc3F)cn2)CCN1C(=O)c1cc(CO)c2nncn2c1. The van der Waals surface area contributed by atoms with E-state index in [-0.39, 0.29) is 49.5 Å². The Morgan fingerprint density at radius 1 is 1.17 bits per heavy atom. The summed E-state index contributed by atoms with van der Waals surface area (Å²) in [7, 11) is 0. The maximum Gasteiger partial charge on any atom is 0.255 e. The van der Waals surface area contributed by atoms with Gasteiger partial charge in [0, 0.05) is 37.5 Å². The van der Waals surface area contributed by atoms with E-state index in [2.05, 4.69) is 20.2 Å². The van der Waals surface area contributed by atoms with Crippen LogP contribution in [0.1, 0.15) is 42.4 Å². The molecule has 1 aromatic carbocycles. The van der Waals surface area contributed by atoms with Crippen LogP contribution in [0.2, 0.25) is 0 Å². The molecule has 5 rings (SSSR count). The fraction of sp³-hybridized carbons (Fsp3) is 0.333. The number of pyridine rings is 1. The van der Waals surface area contributed by atoms with Crippen molar-refractivity contribution in [1.29, 1.82) is 0 Å². The number of fused-ring (bicyclic) bond motifs is 1. The number of halogens is 2. The maximum absolute atomic E-state index is 14.0. The number of primary amides is 1. The zero-order valence-corrected chi connectivity index (χ0v) is 22.6. The number of amides is 2. The summed E-state index contributed by atoms with van der Waals surface area (Å²) in [6, 6.07) is 4.46. The van der Waals surface area contributed by atoms with E-state index in [1.807, 2.05) is 18.7 Å². The second-order valence-electron chi connectivity index (χ2n) is 10.5. The monoisotopic (exact) mass is 566 g/mol. The van der Waals surface area contributed by atoms with E-state index in [0.29, 0.717) is 22.8 Å². The van der Waals surface area contributed by atoms with E-state index < -0.39 is 28.6 Å². The molecule has 12 nitrogen and oxygen atoms in total. The predicted molar refractivity (Wildman–Crippen MR) is 141 cm³/mol. The highest BCUT2D eigenvalue weighted by Crippen LogP contribution is 2.34. The van der Waals surface area contributed by atoms with Crippen molar-refractivity contribution in [2.24, 2.45) is 5.73 Å². The fourth-order valence-electron chi connectivity index (χ4n) is 5.04. The summed E-state index contributed by atoms with van der Waals surface area (Å²) in [5, 5.41) is 17.6. The Bertz CT molecular complexity index is 1630. The first-order valence-corrected chi connectivity index (χ1v) is 12.7. The molecule has 41 heavy (non-hydrogen) atoms. The number of carbonyl (C=O) groups is 2. The average Bonchev–Trinajstić information content (AvgIpc) is 3.42. The number of aromatic nitrogens is 5. The summed E-state index contributed by atoms with van der Waals surface area (Å²) in [5.74, 6) is -2.87. The lowest BCUT2D eigenvalue weighted by Gasteiger charge is -2.51. The number of benzene rings is 1. The van der Waals surface area contributed by atoms with E-state index in [0.717, 1.165) is 12.1 Å². The van der Waals surface area contributed by atoms with Crippen molar-refractivity contribution in [3.8, 4) is 11.6 Å². The second-order valence-corrected chi connectivity index (χ2v) is 10.5. The Balaban J connectivity index is 1.37. The molecule has 0 saturated carbocycles. The third kappa shape index (κ3) is 5.07. The molecule has 1 aliphatic heterocycles. The zero-order valence-electron chi connectivity index (χ0n) is 22.6. The van der Waals surface area contributed by atoms with Gasteiger partial charge < -0.3 is 20.5 Å². The van der Waals surface area contributed by atoms with E-state index >= 15 is 0 Å². The molecule has 0 unspecified atom stereocenters. The number of hydrogen-bond acceptors (Lipinski definition) is 9. The van der Waals surface area contributed by atoms with Gasteiger partial charge in [0.2, 0.25) is 11.8 Å². The van der Waals surface area contributed by atoms with Gasteiger partial charge in [0.1, 0.15) is 17.7 Å². The summed E-state index contributed by atoms with van der Waals surface area (Å²) in [6.45, 7) is 5.90. The van der Waals surface area contributed by atoms with Crippen LogP contribution >= 0.6 is 0 Å². The van der Waals surface area contributed by atoms with E-state index in [1.54, 1.807) is 28.5 Å². The molecular weight excluding hydrogens is 538 g/mol. The molecule has 14 heteroatoms. The molecule has 0 aliphatic carbocycles. The van der Waals surface area contributed by atoms with Crippen molar-refractivity contribution in [2.75, 3.05) is 19.6 Å². The molecule has 3 N–H and O–H groups in total. The molecule has 4 heterocycles. The molecule has 214 valence electrons. The molecule has 4 aromatic rings. The third-order valence-corrected chi connectivity index (χ3v) is 7.38. The van der Waals surface area contributed by atoms with Gasteiger partial charge in [0.05, 0.1) is 35.8 Å². The van der Waals surface area contributed by atoms with Crippen LogP contribution in [0, 0.1) is 11.6 Å². The van der Waals surface area contributed by atoms with Gasteiger partial charge >= 0.3 is 0 Å². The van der Waals surface area contributed by atoms with E-state index in [9.17, 15) is 23.5 Å². The third-order valence-electron chi connectivity index (χ3n) is 7.38. The highest BCUT2D eigenvalue weighted by molar-refractivity contribution is 5.95. The van der Waals surface area contributed by atoms with Crippen LogP contribution in [-0.2, 0) is 16.9 Å². The van der Waals surface area contributed by atoms with Crippen LogP contribution in [0.15, 0.2) is 49.2 Å². The van der Waals surface area contributed by atoms with Crippen LogP contribution in [0.3, 0.4) is 0 Å². The number of aliphatic hydroxyl groups excluding tert-OH is 1. The van der Waals surface area contributed by atoms with Crippen molar-refractivity contribution in [1.82, 2.24) is 34.4 Å². The highest BCUT2D eigenvalue weighted by atomic mass is 19.1. The lowest BCUT2D eigenvalue weighted by Crippen LogP contribution is -2.67. The van der Waals surface area contributed by atoms with Gasteiger partial charge in [0.25, 0.3) is 5.91 Å². The fourth-order valence-corrected chi connectivity index (χ4v) is 5.04. The van der Waals surface area contributed by atoms with Crippen molar-refractivity contribution < 1.29 is 28.2 Å². The lowest BCUT2D eigenvalue weighted by atomic mass is 9.88. The van der Waals surface area contributed by atoms with Gasteiger partial charge in [-0.25, -0.2) is 13.8 Å². The van der Waals surface area contributed by atoms with Gasteiger partial charge in [-0.05, 0) is 39.0 Å². The van der Waals surface area contributed by atoms with Gasteiger partial charge in [-0.2, -0.15) is 0 Å². The van der Waals surface area contributed by atoms with Gasteiger partial charge in [-0.3, -0.25) is 23.9 Å². The smallest absolute Gasteiger partial charge is 0.255 e. The Morgan fingerprint density at radius 3 is 2.59 bits per heavy atom. The molecule has 2 amide bonds. The standard InChI is InChI=1S/C27H28F2N8O4/c1-26(2)14-36(6-7-37(26)24(39)16-8-17(13-38)23-34-33-15-35(23)12-16)27(3,25(30)40)21-10-32-22(11-31-21)41-20-5-4-18(28)9-19(20)29/h4-5,8-12,15,38H,6-7,13-14H2,1-3H3,(H2,30,40)/t27-/m0/s1. The molecule has 1 saturated heterocycles. The Kier molecular flexibility index (Phi) is 7.13. The minimum atomic E-state index is -1.40.